The number of methoxy groups -OCH3 is 2. The first kappa shape index (κ1) is 22.4. The summed E-state index contributed by atoms with van der Waals surface area (Å²) in [6, 6.07) is 0. The fourth-order valence-electron chi connectivity index (χ4n) is 2.12. The van der Waals surface area contributed by atoms with E-state index in [1.807, 2.05) is 0 Å². The van der Waals surface area contributed by atoms with Gasteiger partial charge in [-0.15, -0.1) is 11.8 Å². The number of hydrazine groups is 1. The van der Waals surface area contributed by atoms with Gasteiger partial charge in [0.1, 0.15) is 0 Å². The first-order valence-electron chi connectivity index (χ1n) is 7.48. The molecule has 0 saturated carbocycles. The number of rotatable bonds is 6. The number of carbonyl (C=O) groups excluding carboxylic acids is 2. The maximum atomic E-state index is 13.8. The Morgan fingerprint density at radius 2 is 1.56 bits per heavy atom. The van der Waals surface area contributed by atoms with E-state index < -0.39 is 35.9 Å². The topological polar surface area (TPSA) is 94.6 Å². The highest BCUT2D eigenvalue weighted by atomic mass is 32.2. The third-order valence-corrected chi connectivity index (χ3v) is 9.97. The largest absolute Gasteiger partial charge is 0.451 e. The van der Waals surface area contributed by atoms with Crippen LogP contribution in [0.15, 0.2) is 0 Å². The van der Waals surface area contributed by atoms with Crippen molar-refractivity contribution in [3.63, 3.8) is 0 Å². The van der Waals surface area contributed by atoms with Crippen LogP contribution in [0.25, 0.3) is 0 Å². The third kappa shape index (κ3) is 4.39. The molecule has 9 nitrogen and oxygen atoms in total. The lowest BCUT2D eigenvalue weighted by atomic mass is 10.5. The number of ether oxygens (including phenoxy) is 2. The zero-order valence-corrected chi connectivity index (χ0v) is 17.9. The second-order valence-corrected chi connectivity index (χ2v) is 10.5. The minimum atomic E-state index is -3.92. The molecule has 146 valence electrons. The normalized spacial score (nSPS) is 21.2. The Hall–Kier alpha value is -0.610. The molecule has 12 heteroatoms. The van der Waals surface area contributed by atoms with Crippen LogP contribution < -0.4 is 0 Å². The summed E-state index contributed by atoms with van der Waals surface area (Å²) in [5, 5.41) is 1.98. The molecule has 1 rings (SSSR count). The van der Waals surface area contributed by atoms with Gasteiger partial charge in [0, 0.05) is 0 Å². The van der Waals surface area contributed by atoms with Gasteiger partial charge in [-0.1, -0.05) is 11.8 Å². The van der Waals surface area contributed by atoms with Crippen molar-refractivity contribution in [2.24, 2.45) is 0 Å². The zero-order valence-electron chi connectivity index (χ0n) is 15.4. The predicted molar refractivity (Wildman–Crippen MR) is 97.2 cm³/mol. The summed E-state index contributed by atoms with van der Waals surface area (Å²) in [5.74, 6) is 0.0233. The molecule has 0 aromatic carbocycles. The molecule has 1 fully saturated rings. The third-order valence-electron chi connectivity index (χ3n) is 2.93. The van der Waals surface area contributed by atoms with Crippen LogP contribution in [0, 0.1) is 0 Å². The van der Waals surface area contributed by atoms with Crippen LogP contribution in [0.4, 0.5) is 9.59 Å². The molecule has 1 saturated heterocycles. The molecular formula is C13H25N2O7PS2. The van der Waals surface area contributed by atoms with Crippen molar-refractivity contribution in [1.29, 1.82) is 0 Å². The molecule has 0 aromatic rings. The zero-order chi connectivity index (χ0) is 19.4. The van der Waals surface area contributed by atoms with E-state index in [0.29, 0.717) is 0 Å². The highest BCUT2D eigenvalue weighted by Gasteiger charge is 2.65. The molecular weight excluding hydrogens is 391 g/mol. The summed E-state index contributed by atoms with van der Waals surface area (Å²) in [6.07, 6.45) is -0.857. The Labute approximate surface area is 156 Å². The smallest absolute Gasteiger partial charge is 0.431 e. The summed E-state index contributed by atoms with van der Waals surface area (Å²) in [7, 11) is -1.56. The van der Waals surface area contributed by atoms with E-state index >= 15 is 0 Å². The van der Waals surface area contributed by atoms with Crippen molar-refractivity contribution < 1.29 is 32.7 Å². The average Bonchev–Trinajstić information content (AvgIpc) is 2.92. The van der Waals surface area contributed by atoms with Crippen LogP contribution >= 0.6 is 31.1 Å². The fourth-order valence-corrected chi connectivity index (χ4v) is 7.97. The maximum Gasteiger partial charge on any atom is 0.431 e. The van der Waals surface area contributed by atoms with Gasteiger partial charge in [-0.2, -0.15) is 5.01 Å². The summed E-state index contributed by atoms with van der Waals surface area (Å²) in [5.41, 5.74) is 0. The van der Waals surface area contributed by atoms with Crippen LogP contribution in [-0.4, -0.2) is 64.7 Å². The van der Waals surface area contributed by atoms with E-state index in [1.54, 1.807) is 34.0 Å². The molecule has 1 atom stereocenters. The molecule has 2 amide bonds. The van der Waals surface area contributed by atoms with E-state index in [0.717, 1.165) is 33.5 Å². The van der Waals surface area contributed by atoms with Crippen molar-refractivity contribution in [3.05, 3.63) is 0 Å². The van der Waals surface area contributed by atoms with E-state index in [1.165, 1.54) is 14.2 Å². The molecule has 0 spiro atoms. The van der Waals surface area contributed by atoms with Gasteiger partial charge in [-0.25, -0.2) is 14.6 Å². The predicted octanol–water partition coefficient (Wildman–Crippen LogP) is 3.76. The van der Waals surface area contributed by atoms with Crippen LogP contribution in [0.2, 0.25) is 0 Å². The molecule has 0 aromatic heterocycles. The summed E-state index contributed by atoms with van der Waals surface area (Å²) >= 11 is 2.16. The van der Waals surface area contributed by atoms with Crippen LogP contribution in [0.5, 0.6) is 0 Å². The number of carbonyl (C=O) groups is 2. The van der Waals surface area contributed by atoms with Gasteiger partial charge in [0.15, 0.2) is 0 Å². The summed E-state index contributed by atoms with van der Waals surface area (Å²) in [6.45, 7) is 6.85. The van der Waals surface area contributed by atoms with Gasteiger partial charge in [0.05, 0.1) is 32.3 Å². The summed E-state index contributed by atoms with van der Waals surface area (Å²) < 4.78 is 33.1. The highest BCUT2D eigenvalue weighted by molar-refractivity contribution is 8.25. The van der Waals surface area contributed by atoms with Gasteiger partial charge in [0.25, 0.3) is 3.94 Å². The Kier molecular flexibility index (Phi) is 7.94. The highest BCUT2D eigenvalue weighted by Crippen LogP contribution is 2.73. The molecule has 1 aliphatic heterocycles. The molecule has 0 radical (unpaired) electrons. The Balaban J connectivity index is 3.50. The van der Waals surface area contributed by atoms with E-state index in [4.69, 9.17) is 18.5 Å². The molecule has 0 N–H and O–H groups in total. The first-order chi connectivity index (χ1) is 11.6. The molecule has 1 unspecified atom stereocenters. The average molecular weight is 416 g/mol. The van der Waals surface area contributed by atoms with Crippen molar-refractivity contribution in [3.8, 4) is 0 Å². The van der Waals surface area contributed by atoms with E-state index in [9.17, 15) is 14.2 Å². The Morgan fingerprint density at radius 1 is 1.08 bits per heavy atom. The minimum absolute atomic E-state index is 0.0233. The number of nitrogens with zero attached hydrogens (tertiary/aromatic N) is 2. The first-order valence-corrected chi connectivity index (χ1v) is 11.2. The molecule has 0 aliphatic carbocycles. The lowest BCUT2D eigenvalue weighted by molar-refractivity contribution is 0.00165. The monoisotopic (exact) mass is 416 g/mol. The second kappa shape index (κ2) is 8.85. The van der Waals surface area contributed by atoms with E-state index in [2.05, 4.69) is 0 Å². The van der Waals surface area contributed by atoms with Crippen molar-refractivity contribution in [2.75, 3.05) is 26.4 Å². The number of thioether (sulfide) groups is 2. The number of amides is 2. The van der Waals surface area contributed by atoms with Crippen molar-refractivity contribution in [1.82, 2.24) is 10.0 Å². The van der Waals surface area contributed by atoms with E-state index in [-0.39, 0.29) is 5.88 Å². The van der Waals surface area contributed by atoms with Crippen LogP contribution in [-0.2, 0) is 23.1 Å². The molecule has 1 aliphatic rings. The second-order valence-electron chi connectivity index (χ2n) is 5.48. The molecule has 25 heavy (non-hydrogen) atoms. The minimum Gasteiger partial charge on any atom is -0.451 e. The number of hydrogen-bond donors (Lipinski definition) is 0. The van der Waals surface area contributed by atoms with Crippen LogP contribution in [0.3, 0.4) is 0 Å². The maximum absolute atomic E-state index is 13.8. The van der Waals surface area contributed by atoms with Gasteiger partial charge in [-0.3, -0.25) is 4.57 Å². The van der Waals surface area contributed by atoms with Crippen molar-refractivity contribution in [2.45, 2.75) is 43.8 Å². The Bertz CT molecular complexity index is 534. The quantitative estimate of drug-likeness (QED) is 0.600. The molecule has 0 bridgehead atoms. The summed E-state index contributed by atoms with van der Waals surface area (Å²) in [4.78, 5) is 24.5. The Morgan fingerprint density at radius 3 is 1.92 bits per heavy atom. The van der Waals surface area contributed by atoms with Gasteiger partial charge >= 0.3 is 19.8 Å². The standard InChI is InChI=1S/C13H25N2O7PS2/c1-9(2)21-23(18,22-10(3)4)13(24-7)15(12(17)20-6)14(8-25-13)11(16)19-5/h9-10H,8H2,1-7H3. The number of hydrogen-bond acceptors (Lipinski definition) is 9. The van der Waals surface area contributed by atoms with Gasteiger partial charge in [-0.05, 0) is 34.0 Å². The lowest BCUT2D eigenvalue weighted by Crippen LogP contribution is -2.53. The SMILES string of the molecule is COC(=O)N1CSC(SC)(P(=O)(OC(C)C)OC(C)C)N1C(=O)OC. The van der Waals surface area contributed by atoms with Crippen molar-refractivity contribution >= 4 is 43.3 Å². The van der Waals surface area contributed by atoms with Gasteiger partial charge in [0.2, 0.25) is 0 Å². The lowest BCUT2D eigenvalue weighted by Gasteiger charge is -2.41. The van der Waals surface area contributed by atoms with Crippen LogP contribution in [0.1, 0.15) is 27.7 Å². The molecule has 1 heterocycles. The fraction of sp³-hybridized carbons (Fsp3) is 0.846. The van der Waals surface area contributed by atoms with Gasteiger partial charge < -0.3 is 18.5 Å².